The highest BCUT2D eigenvalue weighted by Crippen LogP contribution is 2.33. The van der Waals surface area contributed by atoms with Crippen LogP contribution in [0.3, 0.4) is 0 Å². The number of rotatable bonds is 4. The zero-order valence-electron chi connectivity index (χ0n) is 8.74. The zero-order chi connectivity index (χ0) is 7.33. The lowest BCUT2D eigenvalue weighted by molar-refractivity contribution is 0.240. The summed E-state index contributed by atoms with van der Waals surface area (Å²) in [5.41, 5.74) is 0.667. The highest BCUT2D eigenvalue weighted by molar-refractivity contribution is 4.72. The van der Waals surface area contributed by atoms with E-state index in [1.165, 1.54) is 25.7 Å². The summed E-state index contributed by atoms with van der Waals surface area (Å²) in [6.45, 7) is 9.21. The van der Waals surface area contributed by atoms with Crippen LogP contribution in [0.5, 0.6) is 0 Å². The van der Waals surface area contributed by atoms with Crippen molar-refractivity contribution in [1.82, 2.24) is 12.3 Å². The predicted octanol–water partition coefficient (Wildman–Crippen LogP) is 3.94. The Balaban J connectivity index is -0.000000320. The molecule has 2 nitrogen and oxygen atoms in total. The third-order valence-corrected chi connectivity index (χ3v) is 3.00. The molecule has 0 radical (unpaired) electrons. The van der Waals surface area contributed by atoms with Crippen LogP contribution < -0.4 is 12.3 Å². The Kier molecular flexibility index (Phi) is 12.5. The summed E-state index contributed by atoms with van der Waals surface area (Å²) in [5.74, 6) is 0. The Labute approximate surface area is 71.9 Å². The molecule has 0 amide bonds. The van der Waals surface area contributed by atoms with Crippen molar-refractivity contribution in [1.29, 1.82) is 0 Å². The van der Waals surface area contributed by atoms with E-state index >= 15 is 0 Å². The maximum absolute atomic E-state index is 2.30. The molecule has 0 rings (SSSR count). The maximum Gasteiger partial charge on any atom is -0.0308 e. The molecule has 0 spiro atoms. The SMILES string of the molecule is CCC(CC)(CC)CC.N.N. The molecule has 0 aromatic rings. The average Bonchev–Trinajstić information content (AvgIpc) is 1.95. The molecule has 0 atom stereocenters. The quantitative estimate of drug-likeness (QED) is 0.657. The first-order valence-electron chi connectivity index (χ1n) is 4.24. The van der Waals surface area contributed by atoms with Gasteiger partial charge in [0, 0.05) is 0 Å². The van der Waals surface area contributed by atoms with Gasteiger partial charge in [-0.3, -0.25) is 0 Å². The molecule has 0 aliphatic rings. The highest BCUT2D eigenvalue weighted by Gasteiger charge is 2.20. The molecule has 0 unspecified atom stereocenters. The van der Waals surface area contributed by atoms with Crippen molar-refractivity contribution in [2.45, 2.75) is 53.4 Å². The van der Waals surface area contributed by atoms with E-state index in [-0.39, 0.29) is 12.3 Å². The summed E-state index contributed by atoms with van der Waals surface area (Å²) in [6, 6.07) is 0. The van der Waals surface area contributed by atoms with Gasteiger partial charge < -0.3 is 12.3 Å². The second kappa shape index (κ2) is 8.02. The van der Waals surface area contributed by atoms with Gasteiger partial charge in [0.05, 0.1) is 0 Å². The molecule has 0 aromatic carbocycles. The molecule has 0 saturated heterocycles. The minimum absolute atomic E-state index is 0. The van der Waals surface area contributed by atoms with Crippen molar-refractivity contribution < 1.29 is 0 Å². The van der Waals surface area contributed by atoms with Gasteiger partial charge in [0.1, 0.15) is 0 Å². The topological polar surface area (TPSA) is 70.0 Å². The fourth-order valence-electron chi connectivity index (χ4n) is 1.50. The zero-order valence-corrected chi connectivity index (χ0v) is 8.74. The third kappa shape index (κ3) is 4.38. The lowest BCUT2D eigenvalue weighted by Gasteiger charge is -2.28. The predicted molar refractivity (Wildman–Crippen MR) is 53.6 cm³/mol. The van der Waals surface area contributed by atoms with E-state index in [0.29, 0.717) is 5.41 Å². The van der Waals surface area contributed by atoms with E-state index in [9.17, 15) is 0 Å². The molecule has 0 heterocycles. The Hall–Kier alpha value is -0.0800. The summed E-state index contributed by atoms with van der Waals surface area (Å²) in [7, 11) is 0. The van der Waals surface area contributed by atoms with E-state index < -0.39 is 0 Å². The highest BCUT2D eigenvalue weighted by atomic mass is 14.3. The van der Waals surface area contributed by atoms with Crippen LogP contribution in [0.25, 0.3) is 0 Å². The fraction of sp³-hybridized carbons (Fsp3) is 1.00. The standard InChI is InChI=1S/C9H20.2H3N/c1-5-9(6-2,7-3)8-4;;/h5-8H2,1-4H3;2*1H3. The van der Waals surface area contributed by atoms with E-state index in [4.69, 9.17) is 0 Å². The molecular weight excluding hydrogens is 136 g/mol. The van der Waals surface area contributed by atoms with Crippen LogP contribution in [0, 0.1) is 5.41 Å². The van der Waals surface area contributed by atoms with E-state index in [1.54, 1.807) is 0 Å². The summed E-state index contributed by atoms with van der Waals surface area (Å²) >= 11 is 0. The summed E-state index contributed by atoms with van der Waals surface area (Å²) < 4.78 is 0. The first-order valence-corrected chi connectivity index (χ1v) is 4.24. The van der Waals surface area contributed by atoms with Crippen LogP contribution in [0.2, 0.25) is 0 Å². The molecule has 0 saturated carbocycles. The van der Waals surface area contributed by atoms with Gasteiger partial charge in [0.25, 0.3) is 0 Å². The molecule has 0 aliphatic heterocycles. The minimum atomic E-state index is 0. The van der Waals surface area contributed by atoms with Crippen molar-refractivity contribution in [2.24, 2.45) is 5.41 Å². The first-order chi connectivity index (χ1) is 4.24. The Bertz CT molecular complexity index is 50.5. The Morgan fingerprint density at radius 1 is 0.636 bits per heavy atom. The Morgan fingerprint density at radius 2 is 0.818 bits per heavy atom. The number of hydrogen-bond acceptors (Lipinski definition) is 2. The van der Waals surface area contributed by atoms with Gasteiger partial charge in [-0.2, -0.15) is 0 Å². The molecule has 6 N–H and O–H groups in total. The second-order valence-corrected chi connectivity index (χ2v) is 2.91. The van der Waals surface area contributed by atoms with Gasteiger partial charge >= 0.3 is 0 Å². The summed E-state index contributed by atoms with van der Waals surface area (Å²) in [6.07, 6.45) is 5.38. The average molecular weight is 162 g/mol. The fourth-order valence-corrected chi connectivity index (χ4v) is 1.50. The molecule has 0 aromatic heterocycles. The molecule has 11 heavy (non-hydrogen) atoms. The van der Waals surface area contributed by atoms with Crippen LogP contribution in [0.15, 0.2) is 0 Å². The Morgan fingerprint density at radius 3 is 0.818 bits per heavy atom. The van der Waals surface area contributed by atoms with Crippen LogP contribution >= 0.6 is 0 Å². The maximum atomic E-state index is 2.30. The van der Waals surface area contributed by atoms with Gasteiger partial charge in [-0.05, 0) is 5.41 Å². The van der Waals surface area contributed by atoms with Crippen LogP contribution in [-0.2, 0) is 0 Å². The molecular formula is C9H26N2. The van der Waals surface area contributed by atoms with Crippen LogP contribution in [0.1, 0.15) is 53.4 Å². The van der Waals surface area contributed by atoms with Gasteiger partial charge in [0.15, 0.2) is 0 Å². The lowest BCUT2D eigenvalue weighted by atomic mass is 9.78. The third-order valence-electron chi connectivity index (χ3n) is 3.00. The molecule has 72 valence electrons. The first kappa shape index (κ1) is 17.1. The van der Waals surface area contributed by atoms with Crippen LogP contribution in [-0.4, -0.2) is 0 Å². The van der Waals surface area contributed by atoms with E-state index in [1.807, 2.05) is 0 Å². The summed E-state index contributed by atoms with van der Waals surface area (Å²) in [4.78, 5) is 0. The second-order valence-electron chi connectivity index (χ2n) is 2.91. The molecule has 0 bridgehead atoms. The van der Waals surface area contributed by atoms with Gasteiger partial charge in [-0.15, -0.1) is 0 Å². The van der Waals surface area contributed by atoms with Gasteiger partial charge in [0.2, 0.25) is 0 Å². The van der Waals surface area contributed by atoms with Crippen molar-refractivity contribution in [3.8, 4) is 0 Å². The van der Waals surface area contributed by atoms with Crippen LogP contribution in [0.4, 0.5) is 0 Å². The van der Waals surface area contributed by atoms with Crippen molar-refractivity contribution >= 4 is 0 Å². The number of hydrogen-bond donors (Lipinski definition) is 2. The van der Waals surface area contributed by atoms with Crippen molar-refractivity contribution in [3.05, 3.63) is 0 Å². The normalized spacial score (nSPS) is 9.82. The van der Waals surface area contributed by atoms with E-state index in [0.717, 1.165) is 0 Å². The largest absolute Gasteiger partial charge is 0.344 e. The van der Waals surface area contributed by atoms with Gasteiger partial charge in [-0.25, -0.2) is 0 Å². The molecule has 0 fully saturated rings. The van der Waals surface area contributed by atoms with Gasteiger partial charge in [-0.1, -0.05) is 53.4 Å². The van der Waals surface area contributed by atoms with Crippen molar-refractivity contribution in [3.63, 3.8) is 0 Å². The van der Waals surface area contributed by atoms with E-state index in [2.05, 4.69) is 27.7 Å². The molecule has 0 aliphatic carbocycles. The molecule has 2 heteroatoms. The van der Waals surface area contributed by atoms with Crippen molar-refractivity contribution in [2.75, 3.05) is 0 Å². The summed E-state index contributed by atoms with van der Waals surface area (Å²) in [5, 5.41) is 0. The lowest BCUT2D eigenvalue weighted by Crippen LogP contribution is -2.15. The minimum Gasteiger partial charge on any atom is -0.344 e. The monoisotopic (exact) mass is 162 g/mol. The smallest absolute Gasteiger partial charge is 0.0308 e.